The molecule has 5 atom stereocenters. The van der Waals surface area contributed by atoms with Crippen molar-refractivity contribution in [2.45, 2.75) is 73.0 Å². The first-order chi connectivity index (χ1) is 11.3. The molecule has 1 aliphatic carbocycles. The van der Waals surface area contributed by atoms with Gasteiger partial charge < -0.3 is 14.8 Å². The summed E-state index contributed by atoms with van der Waals surface area (Å²) in [5.41, 5.74) is 1.33. The highest BCUT2D eigenvalue weighted by atomic mass is 16.6. The van der Waals surface area contributed by atoms with Gasteiger partial charge in [0.15, 0.2) is 0 Å². The summed E-state index contributed by atoms with van der Waals surface area (Å²) in [7, 11) is 0. The number of alkyl carbamates (subject to hydrolysis) is 1. The molecular formula is C20H35NO3. The topological polar surface area (TPSA) is 47.6 Å². The zero-order valence-corrected chi connectivity index (χ0v) is 16.2. The van der Waals surface area contributed by atoms with Gasteiger partial charge in [-0.05, 0) is 39.0 Å². The molecule has 0 aromatic rings. The summed E-state index contributed by atoms with van der Waals surface area (Å²) >= 11 is 0. The fourth-order valence-electron chi connectivity index (χ4n) is 4.53. The molecule has 2 rings (SSSR count). The number of hydrogen-bond donors (Lipinski definition) is 1. The van der Waals surface area contributed by atoms with E-state index >= 15 is 0 Å². The van der Waals surface area contributed by atoms with Crippen LogP contribution in [-0.2, 0) is 9.47 Å². The molecule has 4 heteroatoms. The van der Waals surface area contributed by atoms with E-state index in [0.29, 0.717) is 37.1 Å². The summed E-state index contributed by atoms with van der Waals surface area (Å²) in [6.07, 6.45) is 5.89. The van der Waals surface area contributed by atoms with Crippen molar-refractivity contribution in [3.63, 3.8) is 0 Å². The van der Waals surface area contributed by atoms with E-state index in [1.807, 2.05) is 13.8 Å². The molecule has 1 heterocycles. The molecule has 1 amide bonds. The van der Waals surface area contributed by atoms with Crippen LogP contribution in [0.25, 0.3) is 0 Å². The molecule has 1 saturated heterocycles. The van der Waals surface area contributed by atoms with Crippen molar-refractivity contribution in [3.05, 3.63) is 11.6 Å². The second-order valence-electron chi connectivity index (χ2n) is 8.11. The number of nitrogens with one attached hydrogen (secondary N) is 1. The number of carbonyl (C=O) groups excluding carboxylic acids is 1. The monoisotopic (exact) mass is 337 g/mol. The molecule has 0 aromatic heterocycles. The predicted molar refractivity (Wildman–Crippen MR) is 96.9 cm³/mol. The van der Waals surface area contributed by atoms with E-state index in [-0.39, 0.29) is 17.6 Å². The Morgan fingerprint density at radius 2 is 2.17 bits per heavy atom. The maximum Gasteiger partial charge on any atom is 0.407 e. The van der Waals surface area contributed by atoms with Crippen LogP contribution in [0.2, 0.25) is 0 Å². The third-order valence-corrected chi connectivity index (χ3v) is 6.08. The lowest BCUT2D eigenvalue weighted by Gasteiger charge is -2.55. The summed E-state index contributed by atoms with van der Waals surface area (Å²) in [6.45, 7) is 14.0. The molecule has 1 aliphatic heterocycles. The van der Waals surface area contributed by atoms with Crippen molar-refractivity contribution in [2.24, 2.45) is 23.2 Å². The Balaban J connectivity index is 2.13. The van der Waals surface area contributed by atoms with Gasteiger partial charge in [-0.1, -0.05) is 45.3 Å². The average Bonchev–Trinajstić information content (AvgIpc) is 2.49. The standard InChI is InChI=1S/C20H35NO3/c1-7-8-9-17-18-14(4)10-15(5)20(11-23-17,16(18)6)12-24-19(22)21-13(2)3/h10,13,15-18H,7-9,11-12H2,1-6H3,(H,21,22)/t15-,16+,17+,18+,20+/m0/s1. The number of amides is 1. The van der Waals surface area contributed by atoms with Crippen molar-refractivity contribution in [3.8, 4) is 0 Å². The van der Waals surface area contributed by atoms with Gasteiger partial charge in [0.05, 0.1) is 12.7 Å². The maximum atomic E-state index is 11.9. The van der Waals surface area contributed by atoms with Crippen LogP contribution < -0.4 is 5.32 Å². The lowest BCUT2D eigenvalue weighted by Crippen LogP contribution is -2.57. The molecule has 0 saturated carbocycles. The smallest absolute Gasteiger partial charge is 0.407 e. The Hall–Kier alpha value is -1.03. The molecule has 2 aliphatic rings. The minimum atomic E-state index is -0.324. The largest absolute Gasteiger partial charge is 0.449 e. The normalized spacial score (nSPS) is 35.5. The first-order valence-electron chi connectivity index (χ1n) is 9.55. The van der Waals surface area contributed by atoms with Gasteiger partial charge in [-0.25, -0.2) is 4.79 Å². The van der Waals surface area contributed by atoms with E-state index in [0.717, 1.165) is 6.42 Å². The number of ether oxygens (including phenoxy) is 2. The second kappa shape index (κ2) is 7.90. The van der Waals surface area contributed by atoms with Crippen molar-refractivity contribution >= 4 is 6.09 Å². The minimum absolute atomic E-state index is 0.0899. The third kappa shape index (κ3) is 3.79. The van der Waals surface area contributed by atoms with E-state index in [2.05, 4.69) is 39.1 Å². The molecule has 1 N–H and O–H groups in total. The number of fused-ring (bicyclic) bond motifs is 2. The van der Waals surface area contributed by atoms with Gasteiger partial charge in [-0.2, -0.15) is 0 Å². The van der Waals surface area contributed by atoms with Crippen LogP contribution in [-0.4, -0.2) is 31.5 Å². The Labute approximate surface area is 147 Å². The summed E-state index contributed by atoms with van der Waals surface area (Å²) in [5, 5.41) is 2.81. The maximum absolute atomic E-state index is 11.9. The van der Waals surface area contributed by atoms with E-state index in [4.69, 9.17) is 9.47 Å². The fraction of sp³-hybridized carbons (Fsp3) is 0.850. The molecule has 1 fully saturated rings. The Kier molecular flexibility index (Phi) is 6.35. The van der Waals surface area contributed by atoms with Gasteiger partial charge in [0.2, 0.25) is 0 Å². The van der Waals surface area contributed by atoms with E-state index in [1.54, 1.807) is 0 Å². The molecule has 0 aromatic carbocycles. The van der Waals surface area contributed by atoms with E-state index in [1.165, 1.54) is 18.4 Å². The van der Waals surface area contributed by atoms with Crippen LogP contribution >= 0.6 is 0 Å². The molecule has 24 heavy (non-hydrogen) atoms. The van der Waals surface area contributed by atoms with E-state index < -0.39 is 0 Å². The predicted octanol–water partition coefficient (Wildman–Crippen LogP) is 4.54. The molecule has 0 radical (unpaired) electrons. The van der Waals surface area contributed by atoms with Crippen molar-refractivity contribution < 1.29 is 14.3 Å². The van der Waals surface area contributed by atoms with Crippen LogP contribution in [0.3, 0.4) is 0 Å². The van der Waals surface area contributed by atoms with Crippen molar-refractivity contribution in [2.75, 3.05) is 13.2 Å². The highest BCUT2D eigenvalue weighted by Crippen LogP contribution is 2.53. The number of allylic oxidation sites excluding steroid dienone is 1. The first-order valence-corrected chi connectivity index (χ1v) is 9.55. The SMILES string of the molecule is CCCC[C@H]1OC[C@]2(COC(=O)NC(C)C)[C@H](C)[C@H]1C(C)=C[C@@H]2C. The van der Waals surface area contributed by atoms with Gasteiger partial charge in [0.1, 0.15) is 6.61 Å². The molecule has 4 nitrogen and oxygen atoms in total. The zero-order chi connectivity index (χ0) is 17.9. The molecular weight excluding hydrogens is 302 g/mol. The van der Waals surface area contributed by atoms with Crippen LogP contribution in [0.1, 0.15) is 60.8 Å². The third-order valence-electron chi connectivity index (χ3n) is 6.08. The fourth-order valence-corrected chi connectivity index (χ4v) is 4.53. The highest BCUT2D eigenvalue weighted by molar-refractivity contribution is 5.67. The zero-order valence-electron chi connectivity index (χ0n) is 16.2. The Bertz CT molecular complexity index is 474. The van der Waals surface area contributed by atoms with Crippen LogP contribution in [0.4, 0.5) is 4.79 Å². The van der Waals surface area contributed by atoms with Crippen molar-refractivity contribution in [1.82, 2.24) is 5.32 Å². The lowest BCUT2D eigenvalue weighted by molar-refractivity contribution is -0.165. The average molecular weight is 338 g/mol. The highest BCUT2D eigenvalue weighted by Gasteiger charge is 2.53. The van der Waals surface area contributed by atoms with Gasteiger partial charge in [0.25, 0.3) is 0 Å². The Morgan fingerprint density at radius 3 is 2.79 bits per heavy atom. The van der Waals surface area contributed by atoms with Gasteiger partial charge >= 0.3 is 6.09 Å². The van der Waals surface area contributed by atoms with Gasteiger partial charge in [0, 0.05) is 17.4 Å². The van der Waals surface area contributed by atoms with E-state index in [9.17, 15) is 4.79 Å². The Morgan fingerprint density at radius 1 is 1.46 bits per heavy atom. The molecule has 138 valence electrons. The van der Waals surface area contributed by atoms with Crippen LogP contribution in [0, 0.1) is 23.2 Å². The van der Waals surface area contributed by atoms with Gasteiger partial charge in [-0.3, -0.25) is 0 Å². The van der Waals surface area contributed by atoms with Crippen LogP contribution in [0.5, 0.6) is 0 Å². The number of hydrogen-bond acceptors (Lipinski definition) is 3. The number of carbonyl (C=O) groups is 1. The van der Waals surface area contributed by atoms with Gasteiger partial charge in [-0.15, -0.1) is 0 Å². The summed E-state index contributed by atoms with van der Waals surface area (Å²) < 4.78 is 11.9. The first kappa shape index (κ1) is 19.3. The summed E-state index contributed by atoms with van der Waals surface area (Å²) in [5.74, 6) is 1.25. The minimum Gasteiger partial charge on any atom is -0.449 e. The molecule has 2 bridgehead atoms. The second-order valence-corrected chi connectivity index (χ2v) is 8.11. The quantitative estimate of drug-likeness (QED) is 0.724. The number of unbranched alkanes of at least 4 members (excludes halogenated alkanes) is 1. The van der Waals surface area contributed by atoms with Crippen LogP contribution in [0.15, 0.2) is 11.6 Å². The molecule has 0 unspecified atom stereocenters. The summed E-state index contributed by atoms with van der Waals surface area (Å²) in [6, 6.07) is 0.0899. The lowest BCUT2D eigenvalue weighted by atomic mass is 9.56. The number of rotatable bonds is 6. The summed E-state index contributed by atoms with van der Waals surface area (Å²) in [4.78, 5) is 11.9. The molecule has 0 spiro atoms. The van der Waals surface area contributed by atoms with Crippen molar-refractivity contribution in [1.29, 1.82) is 0 Å².